The molecular formula is C17H19ClN2O4. The largest absolute Gasteiger partial charge is 0.497 e. The van der Waals surface area contributed by atoms with Crippen molar-refractivity contribution < 1.29 is 19.0 Å². The third kappa shape index (κ3) is 4.96. The molecular weight excluding hydrogens is 332 g/mol. The van der Waals surface area contributed by atoms with Crippen molar-refractivity contribution in [2.24, 2.45) is 0 Å². The lowest BCUT2D eigenvalue weighted by atomic mass is 10.2. The first-order chi connectivity index (χ1) is 11.5. The number of anilines is 1. The Labute approximate surface area is 145 Å². The van der Waals surface area contributed by atoms with Crippen molar-refractivity contribution in [3.63, 3.8) is 0 Å². The van der Waals surface area contributed by atoms with E-state index in [0.717, 1.165) is 0 Å². The van der Waals surface area contributed by atoms with Crippen molar-refractivity contribution in [3.05, 3.63) is 47.5 Å². The van der Waals surface area contributed by atoms with Crippen LogP contribution in [0.2, 0.25) is 5.02 Å². The molecule has 0 bridgehead atoms. The second-order valence-corrected chi connectivity index (χ2v) is 5.32. The fraction of sp³-hybridized carbons (Fsp3) is 0.235. The minimum Gasteiger partial charge on any atom is -0.497 e. The van der Waals surface area contributed by atoms with Gasteiger partial charge in [-0.1, -0.05) is 11.6 Å². The number of rotatable bonds is 6. The van der Waals surface area contributed by atoms with Crippen molar-refractivity contribution in [1.82, 2.24) is 5.32 Å². The number of ether oxygens (including phenoxy) is 3. The molecule has 128 valence electrons. The van der Waals surface area contributed by atoms with Gasteiger partial charge >= 0.3 is 6.03 Å². The quantitative estimate of drug-likeness (QED) is 0.775. The van der Waals surface area contributed by atoms with Crippen molar-refractivity contribution in [2.75, 3.05) is 19.5 Å². The Hall–Kier alpha value is -2.60. The Bertz CT molecular complexity index is 691. The zero-order valence-corrected chi connectivity index (χ0v) is 14.4. The first-order valence-corrected chi connectivity index (χ1v) is 7.61. The van der Waals surface area contributed by atoms with E-state index >= 15 is 0 Å². The van der Waals surface area contributed by atoms with Crippen LogP contribution in [0.5, 0.6) is 17.2 Å². The molecule has 1 atom stereocenters. The van der Waals surface area contributed by atoms with E-state index in [1.165, 1.54) is 7.11 Å². The lowest BCUT2D eigenvalue weighted by molar-refractivity contribution is 0.183. The molecule has 2 aromatic rings. The summed E-state index contributed by atoms with van der Waals surface area (Å²) in [7, 11) is 3.07. The third-order valence-electron chi connectivity index (χ3n) is 3.12. The standard InChI is InChI=1S/C17H19ClN2O4/c1-11(24-13-6-4-12(18)5-7-13)19-17(21)20-15-10-14(22-2)8-9-16(15)23-3/h4-11H,1-3H3,(H2,19,20,21). The monoisotopic (exact) mass is 350 g/mol. The maximum absolute atomic E-state index is 12.1. The molecule has 6 nitrogen and oxygen atoms in total. The van der Waals surface area contributed by atoms with E-state index in [1.807, 2.05) is 0 Å². The predicted molar refractivity (Wildman–Crippen MR) is 93.2 cm³/mol. The van der Waals surface area contributed by atoms with E-state index in [2.05, 4.69) is 10.6 Å². The number of hydrogen-bond donors (Lipinski definition) is 2. The molecule has 24 heavy (non-hydrogen) atoms. The highest BCUT2D eigenvalue weighted by atomic mass is 35.5. The Morgan fingerprint density at radius 3 is 2.33 bits per heavy atom. The molecule has 1 unspecified atom stereocenters. The third-order valence-corrected chi connectivity index (χ3v) is 3.37. The van der Waals surface area contributed by atoms with Gasteiger partial charge in [-0.25, -0.2) is 4.79 Å². The van der Waals surface area contributed by atoms with Gasteiger partial charge in [-0.15, -0.1) is 0 Å². The van der Waals surface area contributed by atoms with Crippen LogP contribution < -0.4 is 24.8 Å². The van der Waals surface area contributed by atoms with E-state index in [1.54, 1.807) is 56.5 Å². The van der Waals surface area contributed by atoms with Gasteiger partial charge in [-0.05, 0) is 43.3 Å². The summed E-state index contributed by atoms with van der Waals surface area (Å²) in [6.07, 6.45) is -0.539. The van der Waals surface area contributed by atoms with E-state index in [-0.39, 0.29) is 0 Å². The first-order valence-electron chi connectivity index (χ1n) is 7.23. The predicted octanol–water partition coefficient (Wildman–Crippen LogP) is 3.90. The fourth-order valence-corrected chi connectivity index (χ4v) is 2.13. The Balaban J connectivity index is 1.96. The van der Waals surface area contributed by atoms with Crippen LogP contribution in [0.3, 0.4) is 0 Å². The van der Waals surface area contributed by atoms with Gasteiger partial charge in [0.25, 0.3) is 0 Å². The summed E-state index contributed by atoms with van der Waals surface area (Å²) >= 11 is 5.82. The minimum atomic E-state index is -0.539. The van der Waals surface area contributed by atoms with Crippen LogP contribution in [0.1, 0.15) is 6.92 Å². The summed E-state index contributed by atoms with van der Waals surface area (Å²) < 4.78 is 16.0. The highest BCUT2D eigenvalue weighted by Gasteiger charge is 2.12. The van der Waals surface area contributed by atoms with E-state index in [9.17, 15) is 4.79 Å². The van der Waals surface area contributed by atoms with Gasteiger partial charge in [0.2, 0.25) is 0 Å². The average molecular weight is 351 g/mol. The van der Waals surface area contributed by atoms with E-state index < -0.39 is 12.3 Å². The summed E-state index contributed by atoms with van der Waals surface area (Å²) in [6.45, 7) is 1.72. The molecule has 2 rings (SSSR count). The number of benzene rings is 2. The summed E-state index contributed by atoms with van der Waals surface area (Å²) in [5.74, 6) is 1.74. The van der Waals surface area contributed by atoms with Crippen molar-refractivity contribution in [2.45, 2.75) is 13.2 Å². The molecule has 7 heteroatoms. The zero-order chi connectivity index (χ0) is 17.5. The van der Waals surface area contributed by atoms with Gasteiger partial charge in [0.05, 0.1) is 19.9 Å². The zero-order valence-electron chi connectivity index (χ0n) is 13.6. The molecule has 0 heterocycles. The van der Waals surface area contributed by atoms with Crippen LogP contribution in [-0.2, 0) is 0 Å². The van der Waals surface area contributed by atoms with E-state index in [4.69, 9.17) is 25.8 Å². The van der Waals surface area contributed by atoms with Crippen LogP contribution in [0, 0.1) is 0 Å². The van der Waals surface area contributed by atoms with Crippen molar-refractivity contribution in [3.8, 4) is 17.2 Å². The molecule has 2 N–H and O–H groups in total. The first kappa shape index (κ1) is 17.7. The molecule has 0 aliphatic carbocycles. The minimum absolute atomic E-state index is 0.428. The summed E-state index contributed by atoms with van der Waals surface area (Å²) in [4.78, 5) is 12.1. The Kier molecular flexibility index (Phi) is 6.14. The number of carbonyl (C=O) groups excluding carboxylic acids is 1. The number of methoxy groups -OCH3 is 2. The molecule has 0 saturated carbocycles. The van der Waals surface area contributed by atoms with E-state index in [0.29, 0.717) is 28.0 Å². The molecule has 2 amide bonds. The average Bonchev–Trinajstić information content (AvgIpc) is 2.56. The molecule has 0 aliphatic heterocycles. The van der Waals surface area contributed by atoms with Crippen LogP contribution in [0.25, 0.3) is 0 Å². The second-order valence-electron chi connectivity index (χ2n) is 4.88. The summed E-state index contributed by atoms with van der Waals surface area (Å²) in [6, 6.07) is 11.6. The molecule has 0 saturated heterocycles. The maximum Gasteiger partial charge on any atom is 0.322 e. The van der Waals surface area contributed by atoms with Crippen LogP contribution in [-0.4, -0.2) is 26.5 Å². The lowest BCUT2D eigenvalue weighted by Gasteiger charge is -2.18. The number of amides is 2. The van der Waals surface area contributed by atoms with Crippen LogP contribution in [0.4, 0.5) is 10.5 Å². The lowest BCUT2D eigenvalue weighted by Crippen LogP contribution is -2.39. The highest BCUT2D eigenvalue weighted by molar-refractivity contribution is 6.30. The SMILES string of the molecule is COc1ccc(OC)c(NC(=O)NC(C)Oc2ccc(Cl)cc2)c1. The molecule has 0 spiro atoms. The number of carbonyl (C=O) groups is 1. The van der Waals surface area contributed by atoms with Gasteiger partial charge < -0.3 is 24.8 Å². The van der Waals surface area contributed by atoms with Crippen molar-refractivity contribution in [1.29, 1.82) is 0 Å². The highest BCUT2D eigenvalue weighted by Crippen LogP contribution is 2.28. The smallest absolute Gasteiger partial charge is 0.322 e. The van der Waals surface area contributed by atoms with Gasteiger partial charge in [-0.3, -0.25) is 0 Å². The second kappa shape index (κ2) is 8.31. The Morgan fingerprint density at radius 1 is 1.04 bits per heavy atom. The van der Waals surface area contributed by atoms with Crippen LogP contribution in [0.15, 0.2) is 42.5 Å². The topological polar surface area (TPSA) is 68.8 Å². The Morgan fingerprint density at radius 2 is 1.71 bits per heavy atom. The van der Waals surface area contributed by atoms with Crippen LogP contribution >= 0.6 is 11.6 Å². The summed E-state index contributed by atoms with van der Waals surface area (Å²) in [5.41, 5.74) is 0.494. The molecule has 0 aliphatic rings. The molecule has 0 aromatic heterocycles. The van der Waals surface area contributed by atoms with Crippen molar-refractivity contribution >= 4 is 23.3 Å². The fourth-order valence-electron chi connectivity index (χ4n) is 2.00. The molecule has 2 aromatic carbocycles. The maximum atomic E-state index is 12.1. The molecule has 0 radical (unpaired) electrons. The number of hydrogen-bond acceptors (Lipinski definition) is 4. The summed E-state index contributed by atoms with van der Waals surface area (Å²) in [5, 5.41) is 6.00. The van der Waals surface area contributed by atoms with Gasteiger partial charge in [0.15, 0.2) is 6.23 Å². The normalized spacial score (nSPS) is 11.3. The molecule has 0 fully saturated rings. The number of urea groups is 1. The van der Waals surface area contributed by atoms with Gasteiger partial charge in [0.1, 0.15) is 17.2 Å². The number of nitrogens with one attached hydrogen (secondary N) is 2. The van der Waals surface area contributed by atoms with Gasteiger partial charge in [-0.2, -0.15) is 0 Å². The van der Waals surface area contributed by atoms with Gasteiger partial charge in [0, 0.05) is 11.1 Å². The number of halogens is 1.